The molecule has 5 aliphatic rings. The Hall–Kier alpha value is -2.29. The molecule has 8 atom stereocenters. The number of aliphatic hydroxyl groups is 1. The van der Waals surface area contributed by atoms with Crippen LogP contribution < -0.4 is 0 Å². The molecule has 3 saturated carbocycles. The molecule has 220 valence electrons. The first-order valence-electron chi connectivity index (χ1n) is 15.8. The summed E-state index contributed by atoms with van der Waals surface area (Å²) in [5.74, 6) is 3.67. The molecule has 0 spiro atoms. The minimum Gasteiger partial charge on any atom is -0.393 e. The van der Waals surface area contributed by atoms with Crippen molar-refractivity contribution < 1.29 is 14.7 Å². The number of aryl methyl sites for hydroxylation is 1. The Morgan fingerprint density at radius 3 is 2.52 bits per heavy atom. The largest absolute Gasteiger partial charge is 0.393 e. The predicted molar refractivity (Wildman–Crippen MR) is 151 cm³/mol. The fraction of sp³-hybridized carbons (Fsp3) is 0.839. The van der Waals surface area contributed by atoms with E-state index >= 15 is 0 Å². The molecule has 2 heterocycles. The van der Waals surface area contributed by atoms with E-state index in [0.29, 0.717) is 55.3 Å². The summed E-state index contributed by atoms with van der Waals surface area (Å²) in [6.07, 6.45) is 13.4. The van der Waals surface area contributed by atoms with Crippen LogP contribution in [0.15, 0.2) is 11.6 Å². The lowest BCUT2D eigenvalue weighted by Crippen LogP contribution is -2.51. The smallest absolute Gasteiger partial charge is 0.295 e. The van der Waals surface area contributed by atoms with Gasteiger partial charge in [-0.05, 0) is 103 Å². The van der Waals surface area contributed by atoms with Crippen molar-refractivity contribution in [3.8, 4) is 0 Å². The van der Waals surface area contributed by atoms with Crippen LogP contribution in [0, 0.1) is 40.4 Å². The number of aromatic nitrogens is 4. The zero-order chi connectivity index (χ0) is 28.2. The molecule has 4 fully saturated rings. The molecule has 40 heavy (non-hydrogen) atoms. The van der Waals surface area contributed by atoms with Gasteiger partial charge in [0.05, 0.1) is 13.2 Å². The van der Waals surface area contributed by atoms with Crippen molar-refractivity contribution in [3.05, 3.63) is 17.5 Å². The molecular formula is C31H48N6O3. The molecule has 1 aliphatic heterocycles. The van der Waals surface area contributed by atoms with Gasteiger partial charge >= 0.3 is 0 Å². The number of carbonyl (C=O) groups is 2. The van der Waals surface area contributed by atoms with Crippen LogP contribution in [0.1, 0.15) is 95.6 Å². The van der Waals surface area contributed by atoms with Crippen molar-refractivity contribution in [2.75, 3.05) is 26.2 Å². The molecule has 1 saturated heterocycles. The second-order valence-corrected chi connectivity index (χ2v) is 14.2. The third kappa shape index (κ3) is 4.70. The zero-order valence-electron chi connectivity index (χ0n) is 24.9. The molecule has 0 radical (unpaired) electrons. The van der Waals surface area contributed by atoms with Crippen LogP contribution in [0.4, 0.5) is 0 Å². The molecule has 1 aromatic rings. The van der Waals surface area contributed by atoms with E-state index in [1.165, 1.54) is 36.9 Å². The highest BCUT2D eigenvalue weighted by Crippen LogP contribution is 2.67. The van der Waals surface area contributed by atoms with Crippen LogP contribution >= 0.6 is 0 Å². The van der Waals surface area contributed by atoms with E-state index in [2.05, 4.69) is 42.3 Å². The number of fused-ring (bicyclic) bond motifs is 5. The summed E-state index contributed by atoms with van der Waals surface area (Å²) in [6.45, 7) is 9.64. The molecule has 4 aliphatic carbocycles. The number of piperazine rings is 1. The molecule has 1 aromatic heterocycles. The number of tetrazole rings is 1. The SMILES string of the molecule is CC(CCC(=O)N1CCN(C(=O)c2nnn(C)n2)CC1)[C@H]1CC[C@H]2[C@@H]3CC=C4C[C@@H](O)CC[C@]4(C)[C@H]3CC[C@]12C. The van der Waals surface area contributed by atoms with Crippen LogP contribution in [-0.2, 0) is 11.8 Å². The van der Waals surface area contributed by atoms with E-state index in [0.717, 1.165) is 43.4 Å². The number of amides is 2. The van der Waals surface area contributed by atoms with Gasteiger partial charge in [-0.1, -0.05) is 32.4 Å². The second kappa shape index (κ2) is 10.5. The van der Waals surface area contributed by atoms with Gasteiger partial charge in [0.2, 0.25) is 5.91 Å². The number of hydrogen-bond donors (Lipinski definition) is 1. The summed E-state index contributed by atoms with van der Waals surface area (Å²) in [6, 6.07) is 0. The van der Waals surface area contributed by atoms with E-state index in [1.54, 1.807) is 17.5 Å². The summed E-state index contributed by atoms with van der Waals surface area (Å²) in [4.78, 5) is 30.7. The van der Waals surface area contributed by atoms with Crippen molar-refractivity contribution in [1.29, 1.82) is 0 Å². The lowest BCUT2D eigenvalue weighted by atomic mass is 9.47. The van der Waals surface area contributed by atoms with Gasteiger partial charge in [-0.15, -0.1) is 10.2 Å². The summed E-state index contributed by atoms with van der Waals surface area (Å²) in [5.41, 5.74) is 2.21. The summed E-state index contributed by atoms with van der Waals surface area (Å²) >= 11 is 0. The van der Waals surface area contributed by atoms with Crippen LogP contribution in [-0.4, -0.2) is 79.2 Å². The Balaban J connectivity index is 1.02. The van der Waals surface area contributed by atoms with Gasteiger partial charge in [-0.25, -0.2) is 0 Å². The maximum absolute atomic E-state index is 13.2. The summed E-state index contributed by atoms with van der Waals surface area (Å²) < 4.78 is 0. The number of nitrogens with zero attached hydrogens (tertiary/aromatic N) is 6. The highest BCUT2D eigenvalue weighted by Gasteiger charge is 2.59. The molecule has 2 amide bonds. The van der Waals surface area contributed by atoms with Gasteiger partial charge in [0.25, 0.3) is 11.7 Å². The predicted octanol–water partition coefficient (Wildman–Crippen LogP) is 3.85. The van der Waals surface area contributed by atoms with Gasteiger partial charge in [0, 0.05) is 32.6 Å². The van der Waals surface area contributed by atoms with Gasteiger partial charge in [0.15, 0.2) is 0 Å². The minimum absolute atomic E-state index is 0.116. The van der Waals surface area contributed by atoms with Crippen molar-refractivity contribution in [2.45, 2.75) is 91.1 Å². The van der Waals surface area contributed by atoms with E-state index < -0.39 is 0 Å². The van der Waals surface area contributed by atoms with E-state index in [1.807, 2.05) is 4.90 Å². The van der Waals surface area contributed by atoms with Gasteiger partial charge in [0.1, 0.15) is 0 Å². The van der Waals surface area contributed by atoms with Crippen molar-refractivity contribution >= 4 is 11.8 Å². The van der Waals surface area contributed by atoms with E-state index in [-0.39, 0.29) is 23.7 Å². The standard InChI is InChI=1S/C31H48N6O3/c1-20(5-10-27(39)36-15-17-37(18-16-36)29(40)28-32-34-35(4)33-28)24-8-9-25-23-7-6-21-19-22(38)11-13-30(21,2)26(23)12-14-31(24,25)3/h6,20,22-26,38H,5,7-19H2,1-4H3/t20?,22-,23-,24+,25-,26-,30-,31+/m0/s1. The van der Waals surface area contributed by atoms with Crippen molar-refractivity contribution in [1.82, 2.24) is 30.0 Å². The van der Waals surface area contributed by atoms with Crippen LogP contribution in [0.3, 0.4) is 0 Å². The maximum Gasteiger partial charge on any atom is 0.295 e. The third-order valence-electron chi connectivity index (χ3n) is 12.3. The van der Waals surface area contributed by atoms with E-state index in [9.17, 15) is 14.7 Å². The van der Waals surface area contributed by atoms with Crippen molar-refractivity contribution in [2.24, 2.45) is 47.5 Å². The monoisotopic (exact) mass is 552 g/mol. The van der Waals surface area contributed by atoms with Crippen LogP contribution in [0.25, 0.3) is 0 Å². The Labute approximate surface area is 238 Å². The minimum atomic E-state index is -0.215. The number of allylic oxidation sites excluding steroid dienone is 1. The van der Waals surface area contributed by atoms with E-state index in [4.69, 9.17) is 0 Å². The number of rotatable bonds is 5. The van der Waals surface area contributed by atoms with Gasteiger partial charge in [-0.2, -0.15) is 4.80 Å². The molecule has 9 heteroatoms. The first-order chi connectivity index (χ1) is 19.1. The average Bonchev–Trinajstić information content (AvgIpc) is 3.54. The first kappa shape index (κ1) is 27.9. The molecule has 9 nitrogen and oxygen atoms in total. The quantitative estimate of drug-likeness (QED) is 0.557. The number of aliphatic hydroxyl groups excluding tert-OH is 1. The Kier molecular flexibility index (Phi) is 7.33. The zero-order valence-corrected chi connectivity index (χ0v) is 24.9. The highest BCUT2D eigenvalue weighted by atomic mass is 16.3. The molecule has 0 aromatic carbocycles. The molecule has 6 rings (SSSR count). The Morgan fingerprint density at radius 1 is 1.05 bits per heavy atom. The average molecular weight is 553 g/mol. The summed E-state index contributed by atoms with van der Waals surface area (Å²) in [5, 5.41) is 21.9. The van der Waals surface area contributed by atoms with Crippen molar-refractivity contribution in [3.63, 3.8) is 0 Å². The topological polar surface area (TPSA) is 104 Å². The summed E-state index contributed by atoms with van der Waals surface area (Å²) in [7, 11) is 1.64. The lowest BCUT2D eigenvalue weighted by molar-refractivity contribution is -0.133. The van der Waals surface area contributed by atoms with Crippen LogP contribution in [0.5, 0.6) is 0 Å². The first-order valence-corrected chi connectivity index (χ1v) is 15.8. The second-order valence-electron chi connectivity index (χ2n) is 14.2. The Morgan fingerprint density at radius 2 is 1.80 bits per heavy atom. The lowest BCUT2D eigenvalue weighted by Gasteiger charge is -2.58. The van der Waals surface area contributed by atoms with Gasteiger partial charge in [-0.3, -0.25) is 9.59 Å². The third-order valence-corrected chi connectivity index (χ3v) is 12.3. The Bertz CT molecular complexity index is 1160. The van der Waals surface area contributed by atoms with Crippen LogP contribution in [0.2, 0.25) is 0 Å². The number of carbonyl (C=O) groups excluding carboxylic acids is 2. The molecular weight excluding hydrogens is 504 g/mol. The maximum atomic E-state index is 13.2. The fourth-order valence-electron chi connectivity index (χ4n) is 10.00. The fourth-order valence-corrected chi connectivity index (χ4v) is 10.00. The van der Waals surface area contributed by atoms with Gasteiger partial charge < -0.3 is 14.9 Å². The normalized spacial score (nSPS) is 38.2. The highest BCUT2D eigenvalue weighted by molar-refractivity contribution is 5.90. The number of hydrogen-bond acceptors (Lipinski definition) is 6. The molecule has 0 bridgehead atoms. The molecule has 1 unspecified atom stereocenters. The molecule has 1 N–H and O–H groups in total.